The van der Waals surface area contributed by atoms with Crippen LogP contribution in [0, 0.1) is 0 Å². The molecule has 0 bridgehead atoms. The lowest BCUT2D eigenvalue weighted by Crippen LogP contribution is -2.20. The average Bonchev–Trinajstić information content (AvgIpc) is 2.08. The Bertz CT molecular complexity index is 312. The predicted octanol–water partition coefficient (Wildman–Crippen LogP) is 0.487. The molecule has 0 aliphatic heterocycles. The molecule has 0 fully saturated rings. The maximum absolute atomic E-state index is 4.47. The number of rotatable bonds is 3. The summed E-state index contributed by atoms with van der Waals surface area (Å²) in [6.07, 6.45) is 2.01. The van der Waals surface area contributed by atoms with E-state index in [1.807, 2.05) is 36.0 Å². The van der Waals surface area contributed by atoms with Crippen LogP contribution in [0.5, 0.6) is 0 Å². The third-order valence-corrected chi connectivity index (χ3v) is 1.85. The van der Waals surface area contributed by atoms with Gasteiger partial charge in [0.05, 0.1) is 6.54 Å². The summed E-state index contributed by atoms with van der Waals surface area (Å²) in [6.45, 7) is 1.85. The van der Waals surface area contributed by atoms with Gasteiger partial charge in [-0.1, -0.05) is 6.07 Å². The van der Waals surface area contributed by atoms with Crippen LogP contribution < -0.4 is 5.49 Å². The zero-order valence-corrected chi connectivity index (χ0v) is 8.57. The molecule has 72 valence electrons. The first-order valence-corrected chi connectivity index (χ1v) is 4.47. The van der Waals surface area contributed by atoms with E-state index in [0.717, 1.165) is 18.6 Å². The number of hydrogen-bond acceptors (Lipinski definition) is 2. The molecule has 0 atom stereocenters. The molecular weight excluding hydrogens is 162 g/mol. The predicted molar refractivity (Wildman–Crippen MR) is 54.4 cm³/mol. The number of hydrogen-bond donors (Lipinski definition) is 0. The SMILES string of the molecule is CN(C)CCN=c1ccccn1C. The highest BCUT2D eigenvalue weighted by atomic mass is 15.1. The van der Waals surface area contributed by atoms with E-state index in [9.17, 15) is 0 Å². The van der Waals surface area contributed by atoms with Crippen molar-refractivity contribution in [2.45, 2.75) is 0 Å². The van der Waals surface area contributed by atoms with Gasteiger partial charge >= 0.3 is 0 Å². The number of pyridine rings is 1. The normalized spacial score (nSPS) is 12.5. The number of aromatic nitrogens is 1. The molecule has 0 spiro atoms. The summed E-state index contributed by atoms with van der Waals surface area (Å²) in [7, 11) is 6.12. The summed E-state index contributed by atoms with van der Waals surface area (Å²) in [5, 5.41) is 0. The van der Waals surface area contributed by atoms with Crippen LogP contribution in [0.25, 0.3) is 0 Å². The Hall–Kier alpha value is -1.09. The number of likely N-dealkylation sites (N-methyl/N-ethyl adjacent to an activating group) is 1. The van der Waals surface area contributed by atoms with Gasteiger partial charge in [-0.3, -0.25) is 4.99 Å². The second-order valence-corrected chi connectivity index (χ2v) is 3.35. The lowest BCUT2D eigenvalue weighted by atomic mass is 10.5. The summed E-state index contributed by atoms with van der Waals surface area (Å²) >= 11 is 0. The second kappa shape index (κ2) is 4.82. The van der Waals surface area contributed by atoms with Crippen molar-refractivity contribution in [3.63, 3.8) is 0 Å². The first-order valence-electron chi connectivity index (χ1n) is 4.47. The first-order chi connectivity index (χ1) is 6.20. The van der Waals surface area contributed by atoms with Gasteiger partial charge in [-0.15, -0.1) is 0 Å². The van der Waals surface area contributed by atoms with Gasteiger partial charge in [0.25, 0.3) is 0 Å². The van der Waals surface area contributed by atoms with Crippen molar-refractivity contribution in [3.05, 3.63) is 29.9 Å². The Morgan fingerprint density at radius 1 is 1.38 bits per heavy atom. The van der Waals surface area contributed by atoms with E-state index in [1.165, 1.54) is 0 Å². The Morgan fingerprint density at radius 2 is 2.15 bits per heavy atom. The molecule has 0 N–H and O–H groups in total. The summed E-state index contributed by atoms with van der Waals surface area (Å²) in [5.41, 5.74) is 1.03. The topological polar surface area (TPSA) is 20.5 Å². The van der Waals surface area contributed by atoms with Crippen LogP contribution >= 0.6 is 0 Å². The Kier molecular flexibility index (Phi) is 3.71. The van der Waals surface area contributed by atoms with E-state index >= 15 is 0 Å². The second-order valence-electron chi connectivity index (χ2n) is 3.35. The van der Waals surface area contributed by atoms with Crippen LogP contribution in [0.3, 0.4) is 0 Å². The van der Waals surface area contributed by atoms with Crippen LogP contribution in [-0.4, -0.2) is 36.7 Å². The monoisotopic (exact) mass is 179 g/mol. The third kappa shape index (κ3) is 3.42. The summed E-state index contributed by atoms with van der Waals surface area (Å²) in [4.78, 5) is 6.60. The van der Waals surface area contributed by atoms with Crippen molar-refractivity contribution < 1.29 is 0 Å². The summed E-state index contributed by atoms with van der Waals surface area (Å²) < 4.78 is 2.02. The highest BCUT2D eigenvalue weighted by Crippen LogP contribution is 1.78. The zero-order valence-electron chi connectivity index (χ0n) is 8.57. The zero-order chi connectivity index (χ0) is 9.68. The van der Waals surface area contributed by atoms with Gasteiger partial charge in [-0.2, -0.15) is 0 Å². The third-order valence-electron chi connectivity index (χ3n) is 1.85. The van der Waals surface area contributed by atoms with Crippen molar-refractivity contribution in [2.24, 2.45) is 12.0 Å². The van der Waals surface area contributed by atoms with Gasteiger partial charge in [0.2, 0.25) is 0 Å². The number of aryl methyl sites for hydroxylation is 1. The molecule has 0 saturated carbocycles. The molecule has 0 radical (unpaired) electrons. The highest BCUT2D eigenvalue weighted by molar-refractivity contribution is 4.91. The van der Waals surface area contributed by atoms with Gasteiger partial charge in [0.1, 0.15) is 5.49 Å². The maximum Gasteiger partial charge on any atom is 0.127 e. The Morgan fingerprint density at radius 3 is 2.77 bits per heavy atom. The molecular formula is C10H17N3. The van der Waals surface area contributed by atoms with Crippen LogP contribution in [0.15, 0.2) is 29.4 Å². The summed E-state index contributed by atoms with van der Waals surface area (Å²) in [6, 6.07) is 6.04. The fourth-order valence-electron chi connectivity index (χ4n) is 1.04. The van der Waals surface area contributed by atoms with Crippen molar-refractivity contribution >= 4 is 0 Å². The molecule has 3 nitrogen and oxygen atoms in total. The molecule has 13 heavy (non-hydrogen) atoms. The fourth-order valence-corrected chi connectivity index (χ4v) is 1.04. The van der Waals surface area contributed by atoms with E-state index in [0.29, 0.717) is 0 Å². The van der Waals surface area contributed by atoms with E-state index < -0.39 is 0 Å². The highest BCUT2D eigenvalue weighted by Gasteiger charge is 1.87. The van der Waals surface area contributed by atoms with Gasteiger partial charge < -0.3 is 9.47 Å². The molecule has 1 rings (SSSR count). The molecule has 0 aliphatic rings. The molecule has 1 heterocycles. The maximum atomic E-state index is 4.47. The van der Waals surface area contributed by atoms with Crippen molar-refractivity contribution in [1.82, 2.24) is 9.47 Å². The summed E-state index contributed by atoms with van der Waals surface area (Å²) in [5.74, 6) is 0. The Balaban J connectivity index is 2.66. The van der Waals surface area contributed by atoms with Crippen molar-refractivity contribution in [1.29, 1.82) is 0 Å². The van der Waals surface area contributed by atoms with E-state index in [-0.39, 0.29) is 0 Å². The van der Waals surface area contributed by atoms with Crippen LogP contribution in [0.1, 0.15) is 0 Å². The molecule has 3 heteroatoms. The van der Waals surface area contributed by atoms with Gasteiger partial charge in [0, 0.05) is 19.8 Å². The lowest BCUT2D eigenvalue weighted by Gasteiger charge is -2.05. The Labute approximate surface area is 79.3 Å². The van der Waals surface area contributed by atoms with Crippen LogP contribution in [0.4, 0.5) is 0 Å². The van der Waals surface area contributed by atoms with E-state index in [1.54, 1.807) is 0 Å². The minimum atomic E-state index is 0.852. The van der Waals surface area contributed by atoms with E-state index in [2.05, 4.69) is 24.0 Å². The fraction of sp³-hybridized carbons (Fsp3) is 0.500. The molecule has 0 amide bonds. The largest absolute Gasteiger partial charge is 0.336 e. The average molecular weight is 179 g/mol. The minimum Gasteiger partial charge on any atom is -0.336 e. The van der Waals surface area contributed by atoms with Crippen molar-refractivity contribution in [2.75, 3.05) is 27.2 Å². The molecule has 1 aromatic rings. The smallest absolute Gasteiger partial charge is 0.127 e. The molecule has 0 aromatic carbocycles. The number of nitrogens with zero attached hydrogens (tertiary/aromatic N) is 3. The molecule has 1 aromatic heterocycles. The van der Waals surface area contributed by atoms with Gasteiger partial charge in [-0.25, -0.2) is 0 Å². The lowest BCUT2D eigenvalue weighted by molar-refractivity contribution is 0.418. The quantitative estimate of drug-likeness (QED) is 0.661. The van der Waals surface area contributed by atoms with E-state index in [4.69, 9.17) is 0 Å². The van der Waals surface area contributed by atoms with Crippen molar-refractivity contribution in [3.8, 4) is 0 Å². The minimum absolute atomic E-state index is 0.852. The van der Waals surface area contributed by atoms with Gasteiger partial charge in [-0.05, 0) is 26.2 Å². The standard InChI is InChI=1S/C10H17N3/c1-12(2)9-7-11-10-6-4-5-8-13(10)3/h4-6,8H,7,9H2,1-3H3. The van der Waals surface area contributed by atoms with Crippen LogP contribution in [-0.2, 0) is 7.05 Å². The van der Waals surface area contributed by atoms with Crippen LogP contribution in [0.2, 0.25) is 0 Å². The van der Waals surface area contributed by atoms with Gasteiger partial charge in [0.15, 0.2) is 0 Å². The molecule has 0 aliphatic carbocycles. The first kappa shape index (κ1) is 9.99. The molecule has 0 saturated heterocycles. The molecule has 0 unspecified atom stereocenters.